The highest BCUT2D eigenvalue weighted by atomic mass is 79.9. The molecular formula is C17H24BrNO2. The van der Waals surface area contributed by atoms with Crippen molar-refractivity contribution in [2.45, 2.75) is 39.2 Å². The Morgan fingerprint density at radius 3 is 2.48 bits per heavy atom. The van der Waals surface area contributed by atoms with Crippen LogP contribution in [0, 0.1) is 5.92 Å². The first kappa shape index (κ1) is 16.5. The maximum atomic E-state index is 11.9. The van der Waals surface area contributed by atoms with Gasteiger partial charge in [-0.2, -0.15) is 0 Å². The minimum Gasteiger partial charge on any atom is -0.463 e. The molecular weight excluding hydrogens is 330 g/mol. The topological polar surface area (TPSA) is 29.5 Å². The molecule has 3 nitrogen and oxygen atoms in total. The molecule has 21 heavy (non-hydrogen) atoms. The highest BCUT2D eigenvalue weighted by molar-refractivity contribution is 9.10. The molecule has 0 amide bonds. The molecule has 1 heterocycles. The average Bonchev–Trinajstić information content (AvgIpc) is 2.46. The minimum absolute atomic E-state index is 0.00654. The van der Waals surface area contributed by atoms with E-state index in [0.29, 0.717) is 0 Å². The lowest BCUT2D eigenvalue weighted by atomic mass is 9.96. The Balaban J connectivity index is 1.71. The maximum Gasteiger partial charge on any atom is 0.309 e. The number of esters is 1. The molecule has 0 saturated carbocycles. The fraction of sp³-hybridized carbons (Fsp3) is 0.588. The molecule has 0 aliphatic carbocycles. The molecule has 4 heteroatoms. The third-order valence-electron chi connectivity index (χ3n) is 3.90. The molecule has 1 aliphatic rings. The van der Waals surface area contributed by atoms with Crippen LogP contribution in [-0.2, 0) is 16.0 Å². The Hall–Kier alpha value is -0.870. The normalized spacial score (nSPS) is 17.1. The van der Waals surface area contributed by atoms with Gasteiger partial charge in [0.1, 0.15) is 0 Å². The van der Waals surface area contributed by atoms with Crippen LogP contribution in [0.2, 0.25) is 0 Å². The predicted molar refractivity (Wildman–Crippen MR) is 88.2 cm³/mol. The Morgan fingerprint density at radius 1 is 1.29 bits per heavy atom. The highest BCUT2D eigenvalue weighted by Crippen LogP contribution is 2.20. The summed E-state index contributed by atoms with van der Waals surface area (Å²) in [7, 11) is 0. The van der Waals surface area contributed by atoms with Crippen molar-refractivity contribution in [1.82, 2.24) is 4.90 Å². The summed E-state index contributed by atoms with van der Waals surface area (Å²) in [6.07, 6.45) is 2.90. The second kappa shape index (κ2) is 7.95. The first-order valence-electron chi connectivity index (χ1n) is 7.72. The van der Waals surface area contributed by atoms with Crippen LogP contribution in [-0.4, -0.2) is 36.6 Å². The quantitative estimate of drug-likeness (QED) is 0.756. The molecule has 0 atom stereocenters. The fourth-order valence-corrected chi connectivity index (χ4v) is 2.92. The van der Waals surface area contributed by atoms with Crippen LogP contribution in [0.3, 0.4) is 0 Å². The molecule has 1 aromatic carbocycles. The first-order chi connectivity index (χ1) is 10.0. The van der Waals surface area contributed by atoms with E-state index in [-0.39, 0.29) is 18.0 Å². The van der Waals surface area contributed by atoms with Gasteiger partial charge in [0, 0.05) is 11.0 Å². The molecule has 0 radical (unpaired) electrons. The van der Waals surface area contributed by atoms with Crippen molar-refractivity contribution < 1.29 is 9.53 Å². The molecule has 1 saturated heterocycles. The zero-order chi connectivity index (χ0) is 15.2. The van der Waals surface area contributed by atoms with Gasteiger partial charge >= 0.3 is 5.97 Å². The number of nitrogens with zero attached hydrogens (tertiary/aromatic N) is 1. The number of likely N-dealkylation sites (tertiary alicyclic amines) is 1. The summed E-state index contributed by atoms with van der Waals surface area (Å²) in [6.45, 7) is 6.87. The van der Waals surface area contributed by atoms with Crippen LogP contribution in [0.5, 0.6) is 0 Å². The van der Waals surface area contributed by atoms with Crippen molar-refractivity contribution in [2.75, 3.05) is 19.6 Å². The van der Waals surface area contributed by atoms with Crippen molar-refractivity contribution in [1.29, 1.82) is 0 Å². The van der Waals surface area contributed by atoms with Crippen molar-refractivity contribution in [3.05, 3.63) is 34.3 Å². The Morgan fingerprint density at radius 2 is 1.90 bits per heavy atom. The Labute approximate surface area is 135 Å². The SMILES string of the molecule is CC(C)OC(=O)C1CCN(CCc2ccc(Br)cc2)CC1. The van der Waals surface area contributed by atoms with E-state index in [2.05, 4.69) is 45.1 Å². The largest absolute Gasteiger partial charge is 0.463 e. The molecule has 0 unspecified atom stereocenters. The van der Waals surface area contributed by atoms with E-state index in [1.807, 2.05) is 13.8 Å². The third-order valence-corrected chi connectivity index (χ3v) is 4.43. The van der Waals surface area contributed by atoms with Gasteiger partial charge in [-0.3, -0.25) is 4.79 Å². The molecule has 0 bridgehead atoms. The van der Waals surface area contributed by atoms with E-state index >= 15 is 0 Å². The predicted octanol–water partition coefficient (Wildman–Crippen LogP) is 3.66. The monoisotopic (exact) mass is 353 g/mol. The van der Waals surface area contributed by atoms with E-state index in [1.165, 1.54) is 5.56 Å². The van der Waals surface area contributed by atoms with Crippen molar-refractivity contribution in [3.8, 4) is 0 Å². The molecule has 1 aliphatic heterocycles. The first-order valence-corrected chi connectivity index (χ1v) is 8.51. The summed E-state index contributed by atoms with van der Waals surface area (Å²) in [4.78, 5) is 14.3. The van der Waals surface area contributed by atoms with Crippen LogP contribution < -0.4 is 0 Å². The molecule has 0 N–H and O–H groups in total. The Kier molecular flexibility index (Phi) is 6.24. The lowest BCUT2D eigenvalue weighted by Crippen LogP contribution is -2.38. The van der Waals surface area contributed by atoms with E-state index in [0.717, 1.165) is 43.4 Å². The number of rotatable bonds is 5. The number of carbonyl (C=O) groups excluding carboxylic acids is 1. The number of hydrogen-bond acceptors (Lipinski definition) is 3. The summed E-state index contributed by atoms with van der Waals surface area (Å²) in [5, 5.41) is 0. The summed E-state index contributed by atoms with van der Waals surface area (Å²) in [6, 6.07) is 8.50. The van der Waals surface area contributed by atoms with Gasteiger partial charge in [-0.1, -0.05) is 28.1 Å². The zero-order valence-electron chi connectivity index (χ0n) is 12.8. The van der Waals surface area contributed by atoms with E-state index in [9.17, 15) is 4.79 Å². The van der Waals surface area contributed by atoms with Gasteiger partial charge in [-0.15, -0.1) is 0 Å². The summed E-state index contributed by atoms with van der Waals surface area (Å²) < 4.78 is 6.42. The van der Waals surface area contributed by atoms with Gasteiger partial charge in [0.2, 0.25) is 0 Å². The third kappa shape index (κ3) is 5.44. The van der Waals surface area contributed by atoms with Gasteiger partial charge in [-0.25, -0.2) is 0 Å². The minimum atomic E-state index is -0.0161. The number of halogens is 1. The van der Waals surface area contributed by atoms with E-state index < -0.39 is 0 Å². The number of ether oxygens (including phenoxy) is 1. The van der Waals surface area contributed by atoms with Crippen molar-refractivity contribution in [3.63, 3.8) is 0 Å². The lowest BCUT2D eigenvalue weighted by molar-refractivity contribution is -0.154. The highest BCUT2D eigenvalue weighted by Gasteiger charge is 2.26. The van der Waals surface area contributed by atoms with Gasteiger partial charge in [0.15, 0.2) is 0 Å². The van der Waals surface area contributed by atoms with Crippen LogP contribution >= 0.6 is 15.9 Å². The molecule has 1 fully saturated rings. The van der Waals surface area contributed by atoms with Gasteiger partial charge < -0.3 is 9.64 Å². The number of carbonyl (C=O) groups is 1. The van der Waals surface area contributed by atoms with Gasteiger partial charge in [0.05, 0.1) is 12.0 Å². The van der Waals surface area contributed by atoms with Crippen molar-refractivity contribution >= 4 is 21.9 Å². The van der Waals surface area contributed by atoms with Crippen LogP contribution in [0.1, 0.15) is 32.3 Å². The molecule has 1 aromatic rings. The maximum absolute atomic E-state index is 11.9. The zero-order valence-corrected chi connectivity index (χ0v) is 14.4. The number of piperidine rings is 1. The lowest BCUT2D eigenvalue weighted by Gasteiger charge is -2.31. The summed E-state index contributed by atoms with van der Waals surface area (Å²) >= 11 is 3.46. The fourth-order valence-electron chi connectivity index (χ4n) is 2.66. The standard InChI is InChI=1S/C17H24BrNO2/c1-13(2)21-17(20)15-8-11-19(12-9-15)10-7-14-3-5-16(18)6-4-14/h3-6,13,15H,7-12H2,1-2H3. The van der Waals surface area contributed by atoms with Gasteiger partial charge in [0.25, 0.3) is 0 Å². The van der Waals surface area contributed by atoms with Crippen LogP contribution in [0.25, 0.3) is 0 Å². The van der Waals surface area contributed by atoms with Crippen LogP contribution in [0.15, 0.2) is 28.7 Å². The molecule has 0 aromatic heterocycles. The second-order valence-corrected chi connectivity index (χ2v) is 6.89. The number of benzene rings is 1. The molecule has 0 spiro atoms. The summed E-state index contributed by atoms with van der Waals surface area (Å²) in [5.41, 5.74) is 1.36. The van der Waals surface area contributed by atoms with Crippen LogP contribution in [0.4, 0.5) is 0 Å². The van der Waals surface area contributed by atoms with E-state index in [4.69, 9.17) is 4.74 Å². The van der Waals surface area contributed by atoms with Gasteiger partial charge in [-0.05, 0) is 63.9 Å². The molecule has 116 valence electrons. The summed E-state index contributed by atoms with van der Waals surface area (Å²) in [5.74, 6) is 0.0777. The smallest absolute Gasteiger partial charge is 0.309 e. The van der Waals surface area contributed by atoms with Crippen molar-refractivity contribution in [2.24, 2.45) is 5.92 Å². The van der Waals surface area contributed by atoms with E-state index in [1.54, 1.807) is 0 Å². The average molecular weight is 354 g/mol. The molecule has 2 rings (SSSR count). The Bertz CT molecular complexity index is 450. The number of hydrogen-bond donors (Lipinski definition) is 0. The second-order valence-electron chi connectivity index (χ2n) is 5.98.